The third kappa shape index (κ3) is 2.08. The minimum Gasteiger partial charge on any atom is -0.314 e. The molecule has 0 radical (unpaired) electrons. The van der Waals surface area contributed by atoms with Crippen LogP contribution in [0.4, 0.5) is 0 Å². The second-order valence-corrected chi connectivity index (χ2v) is 3.03. The van der Waals surface area contributed by atoms with E-state index in [1.165, 1.54) is 5.69 Å². The normalized spacial score (nSPS) is 10.6. The van der Waals surface area contributed by atoms with Gasteiger partial charge in [0.25, 0.3) is 0 Å². The van der Waals surface area contributed by atoms with Crippen LogP contribution in [0.2, 0.25) is 0 Å². The Bertz CT molecular complexity index is 240. The Morgan fingerprint density at radius 3 is 2.92 bits per heavy atom. The van der Waals surface area contributed by atoms with Gasteiger partial charge < -0.3 is 5.32 Å². The fourth-order valence-electron chi connectivity index (χ4n) is 1.28. The molecule has 0 atom stereocenters. The van der Waals surface area contributed by atoms with Gasteiger partial charge in [-0.1, -0.05) is 6.92 Å². The van der Waals surface area contributed by atoms with Gasteiger partial charge in [0.15, 0.2) is 0 Å². The summed E-state index contributed by atoms with van der Waals surface area (Å²) in [7, 11) is 1.94. The van der Waals surface area contributed by atoms with Crippen molar-refractivity contribution in [3.63, 3.8) is 0 Å². The SMILES string of the molecule is CCCn1nc(CNC)cc1C. The van der Waals surface area contributed by atoms with Crippen molar-refractivity contribution in [2.75, 3.05) is 7.05 Å². The van der Waals surface area contributed by atoms with E-state index in [1.54, 1.807) is 0 Å². The van der Waals surface area contributed by atoms with Crippen LogP contribution in [-0.2, 0) is 13.1 Å². The molecule has 12 heavy (non-hydrogen) atoms. The molecule has 68 valence electrons. The second-order valence-electron chi connectivity index (χ2n) is 3.03. The second kappa shape index (κ2) is 4.26. The van der Waals surface area contributed by atoms with E-state index in [0.29, 0.717) is 0 Å². The summed E-state index contributed by atoms with van der Waals surface area (Å²) in [6.07, 6.45) is 1.14. The molecule has 0 amide bonds. The van der Waals surface area contributed by atoms with Gasteiger partial charge >= 0.3 is 0 Å². The van der Waals surface area contributed by atoms with Crippen LogP contribution in [0.1, 0.15) is 24.7 Å². The van der Waals surface area contributed by atoms with E-state index in [9.17, 15) is 0 Å². The molecule has 1 aromatic rings. The number of hydrogen-bond donors (Lipinski definition) is 1. The molecule has 0 saturated carbocycles. The van der Waals surface area contributed by atoms with Crippen molar-refractivity contribution in [2.24, 2.45) is 0 Å². The largest absolute Gasteiger partial charge is 0.314 e. The van der Waals surface area contributed by atoms with Gasteiger partial charge in [0.2, 0.25) is 0 Å². The van der Waals surface area contributed by atoms with E-state index in [0.717, 1.165) is 25.2 Å². The van der Waals surface area contributed by atoms with Crippen molar-refractivity contribution in [2.45, 2.75) is 33.4 Å². The number of aromatic nitrogens is 2. The summed E-state index contributed by atoms with van der Waals surface area (Å²) in [5.74, 6) is 0. The summed E-state index contributed by atoms with van der Waals surface area (Å²) in [5, 5.41) is 7.53. The minimum absolute atomic E-state index is 0.859. The molecule has 0 aliphatic heterocycles. The molecule has 3 heteroatoms. The number of aryl methyl sites for hydroxylation is 2. The number of nitrogens with zero attached hydrogens (tertiary/aromatic N) is 2. The van der Waals surface area contributed by atoms with Crippen molar-refractivity contribution in [1.82, 2.24) is 15.1 Å². The summed E-state index contributed by atoms with van der Waals surface area (Å²) in [5.41, 5.74) is 2.38. The topological polar surface area (TPSA) is 29.9 Å². The van der Waals surface area contributed by atoms with E-state index < -0.39 is 0 Å². The van der Waals surface area contributed by atoms with E-state index in [-0.39, 0.29) is 0 Å². The Morgan fingerprint density at radius 1 is 1.58 bits per heavy atom. The summed E-state index contributed by atoms with van der Waals surface area (Å²) >= 11 is 0. The smallest absolute Gasteiger partial charge is 0.0765 e. The highest BCUT2D eigenvalue weighted by Gasteiger charge is 2.01. The Kier molecular flexibility index (Phi) is 3.29. The molecule has 1 aromatic heterocycles. The van der Waals surface area contributed by atoms with Gasteiger partial charge in [-0.25, -0.2) is 0 Å². The molecule has 1 heterocycles. The summed E-state index contributed by atoms with van der Waals surface area (Å²) in [6, 6.07) is 2.13. The van der Waals surface area contributed by atoms with E-state index in [2.05, 4.69) is 35.0 Å². The van der Waals surface area contributed by atoms with Gasteiger partial charge in [-0.2, -0.15) is 5.10 Å². The van der Waals surface area contributed by atoms with E-state index in [1.807, 2.05) is 7.05 Å². The van der Waals surface area contributed by atoms with Crippen molar-refractivity contribution in [1.29, 1.82) is 0 Å². The van der Waals surface area contributed by atoms with E-state index in [4.69, 9.17) is 0 Å². The van der Waals surface area contributed by atoms with Gasteiger partial charge in [0, 0.05) is 18.8 Å². The molecule has 0 bridgehead atoms. The molecule has 1 rings (SSSR count). The first-order chi connectivity index (χ1) is 5.77. The third-order valence-corrected chi connectivity index (χ3v) is 1.83. The Hall–Kier alpha value is -0.830. The lowest BCUT2D eigenvalue weighted by Gasteiger charge is -1.99. The van der Waals surface area contributed by atoms with Gasteiger partial charge in [-0.3, -0.25) is 4.68 Å². The molecule has 3 nitrogen and oxygen atoms in total. The number of nitrogens with one attached hydrogen (secondary N) is 1. The van der Waals surface area contributed by atoms with Crippen LogP contribution in [0.15, 0.2) is 6.07 Å². The van der Waals surface area contributed by atoms with Crippen molar-refractivity contribution < 1.29 is 0 Å². The average molecular weight is 167 g/mol. The zero-order chi connectivity index (χ0) is 8.97. The van der Waals surface area contributed by atoms with Gasteiger partial charge in [0.1, 0.15) is 0 Å². The highest BCUT2D eigenvalue weighted by Crippen LogP contribution is 2.03. The quantitative estimate of drug-likeness (QED) is 0.733. The zero-order valence-corrected chi connectivity index (χ0v) is 8.09. The van der Waals surface area contributed by atoms with Crippen LogP contribution >= 0.6 is 0 Å². The van der Waals surface area contributed by atoms with Gasteiger partial charge in [0.05, 0.1) is 5.69 Å². The monoisotopic (exact) mass is 167 g/mol. The molecule has 0 aliphatic rings. The standard InChI is InChI=1S/C9H17N3/c1-4-5-12-8(2)6-9(11-12)7-10-3/h6,10H,4-5,7H2,1-3H3. The fraction of sp³-hybridized carbons (Fsp3) is 0.667. The zero-order valence-electron chi connectivity index (χ0n) is 8.09. The maximum Gasteiger partial charge on any atom is 0.0765 e. The molecule has 0 spiro atoms. The highest BCUT2D eigenvalue weighted by molar-refractivity contribution is 5.08. The van der Waals surface area contributed by atoms with Crippen molar-refractivity contribution in [3.05, 3.63) is 17.5 Å². The molecule has 0 unspecified atom stereocenters. The maximum atomic E-state index is 4.44. The molecule has 1 N–H and O–H groups in total. The summed E-state index contributed by atoms with van der Waals surface area (Å²) < 4.78 is 2.06. The first-order valence-electron chi connectivity index (χ1n) is 4.46. The first kappa shape index (κ1) is 9.26. The molecule has 0 fully saturated rings. The van der Waals surface area contributed by atoms with E-state index >= 15 is 0 Å². The number of rotatable bonds is 4. The summed E-state index contributed by atoms with van der Waals surface area (Å²) in [4.78, 5) is 0. The van der Waals surface area contributed by atoms with Crippen LogP contribution < -0.4 is 5.32 Å². The summed E-state index contributed by atoms with van der Waals surface area (Å²) in [6.45, 7) is 6.15. The average Bonchev–Trinajstić information content (AvgIpc) is 2.34. The van der Waals surface area contributed by atoms with Crippen LogP contribution in [-0.4, -0.2) is 16.8 Å². The lowest BCUT2D eigenvalue weighted by Crippen LogP contribution is -2.07. The first-order valence-corrected chi connectivity index (χ1v) is 4.46. The number of hydrogen-bond acceptors (Lipinski definition) is 2. The minimum atomic E-state index is 0.859. The predicted octanol–water partition coefficient (Wildman–Crippen LogP) is 1.32. The third-order valence-electron chi connectivity index (χ3n) is 1.83. The van der Waals surface area contributed by atoms with Gasteiger partial charge in [-0.15, -0.1) is 0 Å². The van der Waals surface area contributed by atoms with Crippen molar-refractivity contribution >= 4 is 0 Å². The van der Waals surface area contributed by atoms with Crippen LogP contribution in [0.5, 0.6) is 0 Å². The molecule has 0 aliphatic carbocycles. The van der Waals surface area contributed by atoms with Gasteiger partial charge in [-0.05, 0) is 26.5 Å². The van der Waals surface area contributed by atoms with Crippen molar-refractivity contribution in [3.8, 4) is 0 Å². The lowest BCUT2D eigenvalue weighted by molar-refractivity contribution is 0.576. The Labute approximate surface area is 73.8 Å². The predicted molar refractivity (Wildman–Crippen MR) is 50.0 cm³/mol. The highest BCUT2D eigenvalue weighted by atomic mass is 15.3. The van der Waals surface area contributed by atoms with Crippen LogP contribution in [0.25, 0.3) is 0 Å². The maximum absolute atomic E-state index is 4.44. The van der Waals surface area contributed by atoms with Crippen LogP contribution in [0, 0.1) is 6.92 Å². The fourth-order valence-corrected chi connectivity index (χ4v) is 1.28. The molecule has 0 aromatic carbocycles. The van der Waals surface area contributed by atoms with Crippen LogP contribution in [0.3, 0.4) is 0 Å². The Balaban J connectivity index is 2.70. The molecular weight excluding hydrogens is 150 g/mol. The Morgan fingerprint density at radius 2 is 2.33 bits per heavy atom. The molecular formula is C9H17N3. The lowest BCUT2D eigenvalue weighted by atomic mass is 10.3. The molecule has 0 saturated heterocycles.